The molecule has 2 heterocycles. The minimum Gasteiger partial charge on any atom is -0.744 e. The van der Waals surface area contributed by atoms with Crippen LogP contribution in [0.5, 0.6) is 0 Å². The van der Waals surface area contributed by atoms with E-state index in [0.717, 1.165) is 25.2 Å². The van der Waals surface area contributed by atoms with Crippen LogP contribution >= 0.6 is 0 Å². The fourth-order valence-corrected chi connectivity index (χ4v) is 4.94. The Bertz CT molecular complexity index is 1440. The number of benzene rings is 2. The van der Waals surface area contributed by atoms with Gasteiger partial charge in [0, 0.05) is 24.6 Å². The molecule has 0 bridgehead atoms. The molecule has 0 radical (unpaired) electrons. The van der Waals surface area contributed by atoms with Gasteiger partial charge >= 0.3 is 0 Å². The van der Waals surface area contributed by atoms with E-state index in [1.807, 2.05) is 0 Å². The van der Waals surface area contributed by atoms with Crippen LogP contribution in [0, 0.1) is 13.8 Å². The molecule has 0 atom stereocenters. The number of hydrogen-bond acceptors (Lipinski definition) is 6. The summed E-state index contributed by atoms with van der Waals surface area (Å²) in [5.74, 6) is 2.61. The van der Waals surface area contributed by atoms with E-state index >= 15 is 0 Å². The van der Waals surface area contributed by atoms with Gasteiger partial charge in [-0.05, 0) is 26.0 Å². The summed E-state index contributed by atoms with van der Waals surface area (Å²) in [5.41, 5.74) is 0. The number of hydrogen-bond donors (Lipinski definition) is 0. The minimum absolute atomic E-state index is 0.0792. The van der Waals surface area contributed by atoms with E-state index < -0.39 is 30.0 Å². The Labute approximate surface area is 212 Å². The van der Waals surface area contributed by atoms with Gasteiger partial charge in [-0.3, -0.25) is 0 Å². The maximum Gasteiger partial charge on any atom is 0.252 e. The molecular weight excluding hydrogens is 504 g/mol. The van der Waals surface area contributed by atoms with Crippen LogP contribution in [-0.4, -0.2) is 35.1 Å². The predicted molar refractivity (Wildman–Crippen MR) is 132 cm³/mol. The summed E-state index contributed by atoms with van der Waals surface area (Å²) in [6, 6.07) is 7.09. The highest BCUT2D eigenvalue weighted by Crippen LogP contribution is 2.27. The van der Waals surface area contributed by atoms with Gasteiger partial charge in [-0.15, -0.1) is 0 Å². The Hall–Kier alpha value is -3.06. The predicted octanol–water partition coefficient (Wildman–Crippen LogP) is 1.93. The summed E-state index contributed by atoms with van der Waals surface area (Å²) in [4.78, 5) is -1.10. The molecule has 2 aromatic heterocycles. The monoisotopic (exact) mass is 536 g/mol. The van der Waals surface area contributed by atoms with Crippen molar-refractivity contribution in [3.05, 3.63) is 72.8 Å². The van der Waals surface area contributed by atoms with Crippen LogP contribution < -0.4 is 9.13 Å². The Morgan fingerprint density at radius 3 is 1.22 bits per heavy atom. The van der Waals surface area contributed by atoms with E-state index in [9.17, 15) is 25.9 Å². The first kappa shape index (κ1) is 29.2. The molecule has 0 fully saturated rings. The Morgan fingerprint density at radius 1 is 0.694 bits per heavy atom. The van der Waals surface area contributed by atoms with Crippen LogP contribution in [0.1, 0.15) is 25.5 Å². The first-order valence-corrected chi connectivity index (χ1v) is 14.0. The van der Waals surface area contributed by atoms with Crippen molar-refractivity contribution in [1.29, 1.82) is 0 Å². The van der Waals surface area contributed by atoms with Crippen LogP contribution in [0.2, 0.25) is 0 Å². The van der Waals surface area contributed by atoms with Gasteiger partial charge in [0.15, 0.2) is 0 Å². The van der Waals surface area contributed by atoms with Gasteiger partial charge in [0.2, 0.25) is 0 Å². The third-order valence-electron chi connectivity index (χ3n) is 5.85. The fourth-order valence-electron chi connectivity index (χ4n) is 3.55. The van der Waals surface area contributed by atoms with Crippen molar-refractivity contribution >= 4 is 31.0 Å². The standard InChI is InChI=1S/C10H8O6S2.2C7H13N2/c11-17(12,13)9-5-1-3-7-8(9)4-2-6-10(7)18(14,15)16;2*1-4-9-6-5-8(3)7(9)2/h1-6H,(H,11,12,13)(H,14,15,16);2*5-6H,4H2,1-3H3/q;2*+1/p-2. The van der Waals surface area contributed by atoms with Crippen LogP contribution in [0.25, 0.3) is 10.8 Å². The summed E-state index contributed by atoms with van der Waals surface area (Å²) >= 11 is 0. The lowest BCUT2D eigenvalue weighted by atomic mass is 10.1. The first-order valence-electron chi connectivity index (χ1n) is 11.2. The molecule has 4 aromatic rings. The molecule has 196 valence electrons. The maximum absolute atomic E-state index is 11.0. The van der Waals surface area contributed by atoms with Crippen molar-refractivity contribution in [2.75, 3.05) is 0 Å². The number of fused-ring (bicyclic) bond motifs is 1. The van der Waals surface area contributed by atoms with Crippen molar-refractivity contribution in [3.63, 3.8) is 0 Å². The van der Waals surface area contributed by atoms with Gasteiger partial charge < -0.3 is 9.11 Å². The van der Waals surface area contributed by atoms with Gasteiger partial charge in [0.05, 0.1) is 37.0 Å². The van der Waals surface area contributed by atoms with Crippen molar-refractivity contribution in [2.45, 2.75) is 50.6 Å². The fraction of sp³-hybridized carbons (Fsp3) is 0.333. The molecule has 0 aliphatic heterocycles. The quantitative estimate of drug-likeness (QED) is 0.289. The summed E-state index contributed by atoms with van der Waals surface area (Å²) in [6.45, 7) is 10.6. The molecule has 0 spiro atoms. The molecule has 10 nitrogen and oxygen atoms in total. The zero-order chi connectivity index (χ0) is 27.3. The number of nitrogens with zero attached hydrogens (tertiary/aromatic N) is 4. The lowest BCUT2D eigenvalue weighted by Gasteiger charge is -2.14. The highest BCUT2D eigenvalue weighted by Gasteiger charge is 2.12. The molecular formula is C24H32N4O6S2. The zero-order valence-corrected chi connectivity index (χ0v) is 22.9. The summed E-state index contributed by atoms with van der Waals surface area (Å²) in [5, 5.41) is -0.158. The van der Waals surface area contributed by atoms with E-state index in [0.29, 0.717) is 0 Å². The molecule has 0 saturated heterocycles. The van der Waals surface area contributed by atoms with Crippen LogP contribution in [0.3, 0.4) is 0 Å². The van der Waals surface area contributed by atoms with Crippen LogP contribution in [0.4, 0.5) is 0 Å². The number of aryl methyl sites for hydroxylation is 4. The second-order valence-electron chi connectivity index (χ2n) is 8.00. The van der Waals surface area contributed by atoms with E-state index in [2.05, 4.69) is 84.8 Å². The SMILES string of the molecule is CCn1cc[n+](C)c1C.CCn1cc[n+](C)c1C.O=S(=O)([O-])c1cccc2c(S(=O)(=O)[O-])cccc12. The van der Waals surface area contributed by atoms with Crippen molar-refractivity contribution < 1.29 is 35.1 Å². The van der Waals surface area contributed by atoms with Gasteiger partial charge in [-0.2, -0.15) is 0 Å². The van der Waals surface area contributed by atoms with Crippen molar-refractivity contribution in [3.8, 4) is 0 Å². The lowest BCUT2D eigenvalue weighted by molar-refractivity contribution is -0.677. The molecule has 0 saturated carbocycles. The molecule has 0 aliphatic carbocycles. The van der Waals surface area contributed by atoms with Crippen molar-refractivity contribution in [1.82, 2.24) is 9.13 Å². The largest absolute Gasteiger partial charge is 0.744 e. The highest BCUT2D eigenvalue weighted by molar-refractivity contribution is 7.86. The minimum atomic E-state index is -4.74. The Kier molecular flexibility index (Phi) is 9.55. The molecule has 0 N–H and O–H groups in total. The lowest BCUT2D eigenvalue weighted by Crippen LogP contribution is -2.29. The van der Waals surface area contributed by atoms with E-state index in [4.69, 9.17) is 0 Å². The number of rotatable bonds is 4. The summed E-state index contributed by atoms with van der Waals surface area (Å²) < 4.78 is 74.8. The average Bonchev–Trinajstić information content (AvgIpc) is 3.32. The second kappa shape index (κ2) is 11.8. The van der Waals surface area contributed by atoms with E-state index in [1.54, 1.807) is 0 Å². The molecule has 0 amide bonds. The van der Waals surface area contributed by atoms with Gasteiger partial charge in [-0.25, -0.2) is 35.1 Å². The van der Waals surface area contributed by atoms with E-state index in [-0.39, 0.29) is 10.8 Å². The third kappa shape index (κ3) is 7.00. The smallest absolute Gasteiger partial charge is 0.252 e. The number of aromatic nitrogens is 4. The van der Waals surface area contributed by atoms with Crippen LogP contribution in [-0.2, 0) is 47.4 Å². The van der Waals surface area contributed by atoms with Gasteiger partial charge in [0.25, 0.3) is 11.6 Å². The van der Waals surface area contributed by atoms with Gasteiger partial charge in [-0.1, -0.05) is 24.3 Å². The first-order chi connectivity index (χ1) is 16.7. The zero-order valence-electron chi connectivity index (χ0n) is 21.2. The molecule has 0 aliphatic rings. The molecule has 36 heavy (non-hydrogen) atoms. The topological polar surface area (TPSA) is 132 Å². The maximum atomic E-state index is 11.0. The summed E-state index contributed by atoms with van der Waals surface area (Å²) in [7, 11) is -5.36. The normalized spacial score (nSPS) is 11.4. The Balaban J connectivity index is 0.000000212. The molecule has 4 rings (SSSR count). The van der Waals surface area contributed by atoms with Crippen LogP contribution in [0.15, 0.2) is 71.0 Å². The highest BCUT2D eigenvalue weighted by atomic mass is 32.2. The average molecular weight is 537 g/mol. The Morgan fingerprint density at radius 2 is 1.03 bits per heavy atom. The summed E-state index contributed by atoms with van der Waals surface area (Å²) in [6.07, 6.45) is 8.32. The third-order valence-corrected chi connectivity index (χ3v) is 7.64. The molecule has 2 aromatic carbocycles. The number of imidazole rings is 2. The second-order valence-corrected chi connectivity index (χ2v) is 10.7. The van der Waals surface area contributed by atoms with E-state index in [1.165, 1.54) is 35.9 Å². The van der Waals surface area contributed by atoms with Crippen molar-refractivity contribution in [2.24, 2.45) is 14.1 Å². The van der Waals surface area contributed by atoms with Gasteiger partial charge in [0.1, 0.15) is 45.0 Å². The molecule has 0 unspecified atom stereocenters. The molecule has 12 heteroatoms.